The second kappa shape index (κ2) is 5.47. The molecule has 2 aliphatic heterocycles. The first kappa shape index (κ1) is 13.7. The van der Waals surface area contributed by atoms with Crippen molar-refractivity contribution in [3.05, 3.63) is 0 Å². The Hall–Kier alpha value is -0.770. The predicted molar refractivity (Wildman–Crippen MR) is 71.5 cm³/mol. The Morgan fingerprint density at radius 1 is 1.28 bits per heavy atom. The van der Waals surface area contributed by atoms with Crippen molar-refractivity contribution in [2.45, 2.75) is 45.6 Å². The summed E-state index contributed by atoms with van der Waals surface area (Å²) in [5.41, 5.74) is -0.387. The van der Waals surface area contributed by atoms with Crippen LogP contribution in [0.4, 0.5) is 4.79 Å². The zero-order valence-electron chi connectivity index (χ0n) is 11.9. The number of ether oxygens (including phenoxy) is 1. The molecular weight excluding hydrogens is 228 g/mol. The third-order valence-electron chi connectivity index (χ3n) is 3.88. The SMILES string of the molecule is CC(C)(C)OC(=O)N1CC[C@H]([C@H]2CCCNC2)C1. The van der Waals surface area contributed by atoms with Gasteiger partial charge in [-0.2, -0.15) is 0 Å². The van der Waals surface area contributed by atoms with Gasteiger partial charge in [-0.3, -0.25) is 0 Å². The molecule has 0 aromatic rings. The Morgan fingerprint density at radius 2 is 2.06 bits per heavy atom. The molecule has 18 heavy (non-hydrogen) atoms. The quantitative estimate of drug-likeness (QED) is 0.780. The van der Waals surface area contributed by atoms with Crippen LogP contribution in [0.25, 0.3) is 0 Å². The van der Waals surface area contributed by atoms with Gasteiger partial charge < -0.3 is 15.0 Å². The highest BCUT2D eigenvalue weighted by atomic mass is 16.6. The first-order valence-corrected chi connectivity index (χ1v) is 7.14. The molecule has 0 spiro atoms. The van der Waals surface area contributed by atoms with Crippen LogP contribution in [-0.2, 0) is 4.74 Å². The summed E-state index contributed by atoms with van der Waals surface area (Å²) in [6, 6.07) is 0. The summed E-state index contributed by atoms with van der Waals surface area (Å²) in [5.74, 6) is 1.40. The van der Waals surface area contributed by atoms with E-state index in [9.17, 15) is 4.79 Å². The number of hydrogen-bond acceptors (Lipinski definition) is 3. The van der Waals surface area contributed by atoms with E-state index in [1.807, 2.05) is 25.7 Å². The lowest BCUT2D eigenvalue weighted by Crippen LogP contribution is -2.38. The van der Waals surface area contributed by atoms with Crippen LogP contribution in [0.1, 0.15) is 40.0 Å². The lowest BCUT2D eigenvalue weighted by atomic mass is 9.86. The van der Waals surface area contributed by atoms with Crippen LogP contribution in [0.3, 0.4) is 0 Å². The summed E-state index contributed by atoms with van der Waals surface area (Å²) in [6.07, 6.45) is 3.56. The highest BCUT2D eigenvalue weighted by molar-refractivity contribution is 5.68. The van der Waals surface area contributed by atoms with Crippen molar-refractivity contribution in [1.82, 2.24) is 10.2 Å². The third kappa shape index (κ3) is 3.61. The fourth-order valence-corrected chi connectivity index (χ4v) is 2.95. The topological polar surface area (TPSA) is 41.6 Å². The molecule has 4 nitrogen and oxygen atoms in total. The van der Waals surface area contributed by atoms with Crippen molar-refractivity contribution in [1.29, 1.82) is 0 Å². The number of amides is 1. The minimum absolute atomic E-state index is 0.145. The van der Waals surface area contributed by atoms with Gasteiger partial charge in [0.05, 0.1) is 0 Å². The Kier molecular flexibility index (Phi) is 4.15. The van der Waals surface area contributed by atoms with Crippen LogP contribution in [0.2, 0.25) is 0 Å². The first-order valence-electron chi connectivity index (χ1n) is 7.14. The summed E-state index contributed by atoms with van der Waals surface area (Å²) < 4.78 is 5.43. The normalized spacial score (nSPS) is 29.4. The molecule has 0 aromatic heterocycles. The van der Waals surface area contributed by atoms with E-state index >= 15 is 0 Å². The summed E-state index contributed by atoms with van der Waals surface area (Å²) in [6.45, 7) is 9.76. The minimum atomic E-state index is -0.387. The molecule has 1 amide bonds. The summed E-state index contributed by atoms with van der Waals surface area (Å²) in [4.78, 5) is 13.9. The van der Waals surface area contributed by atoms with Crippen LogP contribution in [0, 0.1) is 11.8 Å². The maximum Gasteiger partial charge on any atom is 0.410 e. The number of piperidine rings is 1. The number of rotatable bonds is 1. The van der Waals surface area contributed by atoms with Gasteiger partial charge in [0.2, 0.25) is 0 Å². The average molecular weight is 254 g/mol. The Balaban J connectivity index is 1.82. The largest absolute Gasteiger partial charge is 0.444 e. The Morgan fingerprint density at radius 3 is 2.67 bits per heavy atom. The average Bonchev–Trinajstić information content (AvgIpc) is 2.77. The fraction of sp³-hybridized carbons (Fsp3) is 0.929. The van der Waals surface area contributed by atoms with Gasteiger partial charge in [0.25, 0.3) is 0 Å². The summed E-state index contributed by atoms with van der Waals surface area (Å²) in [5, 5.41) is 3.46. The van der Waals surface area contributed by atoms with Gasteiger partial charge in [0.1, 0.15) is 5.60 Å². The van der Waals surface area contributed by atoms with Crippen LogP contribution in [0.5, 0.6) is 0 Å². The predicted octanol–water partition coefficient (Wildman–Crippen LogP) is 2.24. The molecule has 0 aliphatic carbocycles. The smallest absolute Gasteiger partial charge is 0.410 e. The number of likely N-dealkylation sites (tertiary alicyclic amines) is 1. The zero-order valence-corrected chi connectivity index (χ0v) is 11.9. The fourth-order valence-electron chi connectivity index (χ4n) is 2.95. The van der Waals surface area contributed by atoms with E-state index < -0.39 is 0 Å². The number of nitrogens with zero attached hydrogens (tertiary/aromatic N) is 1. The van der Waals surface area contributed by atoms with E-state index in [1.165, 1.54) is 12.8 Å². The highest BCUT2D eigenvalue weighted by Gasteiger charge is 2.34. The number of carbonyl (C=O) groups is 1. The molecule has 0 aromatic carbocycles. The molecule has 0 bridgehead atoms. The van der Waals surface area contributed by atoms with Crippen molar-refractivity contribution in [3.8, 4) is 0 Å². The van der Waals surface area contributed by atoms with Gasteiger partial charge in [0.15, 0.2) is 0 Å². The monoisotopic (exact) mass is 254 g/mol. The second-order valence-corrected chi connectivity index (χ2v) is 6.58. The van der Waals surface area contributed by atoms with E-state index in [0.717, 1.165) is 38.5 Å². The maximum absolute atomic E-state index is 12.0. The van der Waals surface area contributed by atoms with Gasteiger partial charge in [-0.05, 0) is 65.0 Å². The van der Waals surface area contributed by atoms with Crippen LogP contribution >= 0.6 is 0 Å². The molecule has 0 radical (unpaired) electrons. The summed E-state index contributed by atoms with van der Waals surface area (Å²) in [7, 11) is 0. The van der Waals surface area contributed by atoms with Crippen molar-refractivity contribution >= 4 is 6.09 Å². The summed E-state index contributed by atoms with van der Waals surface area (Å²) >= 11 is 0. The maximum atomic E-state index is 12.0. The molecule has 4 heteroatoms. The van der Waals surface area contributed by atoms with Crippen LogP contribution < -0.4 is 5.32 Å². The van der Waals surface area contributed by atoms with E-state index in [1.54, 1.807) is 0 Å². The first-order chi connectivity index (χ1) is 8.46. The number of hydrogen-bond donors (Lipinski definition) is 1. The van der Waals surface area contributed by atoms with Crippen molar-refractivity contribution in [2.75, 3.05) is 26.2 Å². The highest BCUT2D eigenvalue weighted by Crippen LogP contribution is 2.29. The molecule has 2 heterocycles. The van der Waals surface area contributed by atoms with Crippen molar-refractivity contribution in [3.63, 3.8) is 0 Å². The van der Waals surface area contributed by atoms with Gasteiger partial charge >= 0.3 is 6.09 Å². The zero-order chi connectivity index (χ0) is 13.2. The molecule has 2 fully saturated rings. The van der Waals surface area contributed by atoms with Gasteiger partial charge in [0, 0.05) is 13.1 Å². The van der Waals surface area contributed by atoms with Gasteiger partial charge in [-0.25, -0.2) is 4.79 Å². The Bertz CT molecular complexity index is 293. The van der Waals surface area contributed by atoms with Crippen molar-refractivity contribution in [2.24, 2.45) is 11.8 Å². The van der Waals surface area contributed by atoms with Crippen molar-refractivity contribution < 1.29 is 9.53 Å². The van der Waals surface area contributed by atoms with Gasteiger partial charge in [-0.15, -0.1) is 0 Å². The Labute approximate surface area is 110 Å². The van der Waals surface area contributed by atoms with E-state index in [4.69, 9.17) is 4.74 Å². The van der Waals surface area contributed by atoms with Gasteiger partial charge in [-0.1, -0.05) is 0 Å². The minimum Gasteiger partial charge on any atom is -0.444 e. The van der Waals surface area contributed by atoms with E-state index in [-0.39, 0.29) is 11.7 Å². The molecule has 0 unspecified atom stereocenters. The number of nitrogens with one attached hydrogen (secondary N) is 1. The molecule has 0 saturated carbocycles. The molecule has 2 atom stereocenters. The molecule has 2 aliphatic rings. The second-order valence-electron chi connectivity index (χ2n) is 6.58. The van der Waals surface area contributed by atoms with Crippen LogP contribution in [0.15, 0.2) is 0 Å². The van der Waals surface area contributed by atoms with E-state index in [2.05, 4.69) is 5.32 Å². The molecule has 2 saturated heterocycles. The third-order valence-corrected chi connectivity index (χ3v) is 3.88. The number of carbonyl (C=O) groups excluding carboxylic acids is 1. The van der Waals surface area contributed by atoms with Crippen LogP contribution in [-0.4, -0.2) is 42.8 Å². The molecule has 1 N–H and O–H groups in total. The lowest BCUT2D eigenvalue weighted by Gasteiger charge is -2.28. The standard InChI is InChI=1S/C14H26N2O2/c1-14(2,3)18-13(17)16-8-6-12(10-16)11-5-4-7-15-9-11/h11-12,15H,4-10H2,1-3H3/t11-,12-/m0/s1. The molecule has 104 valence electrons. The van der Waals surface area contributed by atoms with E-state index in [0.29, 0.717) is 5.92 Å². The molecular formula is C14H26N2O2. The molecule has 2 rings (SSSR count). The lowest BCUT2D eigenvalue weighted by molar-refractivity contribution is 0.0282.